The molecule has 0 aromatic carbocycles. The molecule has 2 amide bonds. The van der Waals surface area contributed by atoms with Crippen LogP contribution >= 0.6 is 0 Å². The van der Waals surface area contributed by atoms with E-state index in [0.717, 1.165) is 0 Å². The molecule has 0 bridgehead atoms. The van der Waals surface area contributed by atoms with Gasteiger partial charge >= 0.3 is 18.2 Å². The van der Waals surface area contributed by atoms with Crippen LogP contribution in [0.4, 0.5) is 9.59 Å². The van der Waals surface area contributed by atoms with Crippen molar-refractivity contribution in [1.82, 2.24) is 4.90 Å². The number of nitrogens with zero attached hydrogens (tertiary/aromatic N) is 2. The van der Waals surface area contributed by atoms with Gasteiger partial charge in [0, 0.05) is 0 Å². The van der Waals surface area contributed by atoms with Crippen LogP contribution in [0.5, 0.6) is 0 Å². The van der Waals surface area contributed by atoms with Gasteiger partial charge in [-0.05, 0) is 62.3 Å². The maximum Gasteiger partial charge on any atom is 0.420 e. The molecule has 27 heavy (non-hydrogen) atoms. The van der Waals surface area contributed by atoms with E-state index in [2.05, 4.69) is 4.99 Å². The highest BCUT2D eigenvalue weighted by Gasteiger charge is 2.42. The summed E-state index contributed by atoms with van der Waals surface area (Å²) in [5, 5.41) is 0. The summed E-state index contributed by atoms with van der Waals surface area (Å²) in [6, 6.07) is -1.55. The lowest BCUT2D eigenvalue weighted by Crippen LogP contribution is -2.54. The zero-order chi connectivity index (χ0) is 21.6. The number of aliphatic imine (C=N–C) groups is 1. The largest absolute Gasteiger partial charge is 0.458 e. The third-order valence-electron chi connectivity index (χ3n) is 2.50. The summed E-state index contributed by atoms with van der Waals surface area (Å²) in [5.74, 6) is -0.932. The van der Waals surface area contributed by atoms with Gasteiger partial charge < -0.3 is 14.2 Å². The summed E-state index contributed by atoms with van der Waals surface area (Å²) in [6.45, 7) is 13.9. The Morgan fingerprint density at radius 2 is 1.19 bits per heavy atom. The number of hydrogen-bond acceptors (Lipinski definition) is 8. The summed E-state index contributed by atoms with van der Waals surface area (Å²) in [7, 11) is 0. The number of carbonyl (C=O) groups excluding carboxylic acids is 4. The average molecular weight is 386 g/mol. The molecule has 1 atom stereocenters. The summed E-state index contributed by atoms with van der Waals surface area (Å²) in [6.07, 6.45) is -0.952. The number of imide groups is 1. The minimum Gasteiger partial charge on any atom is -0.458 e. The van der Waals surface area contributed by atoms with E-state index in [-0.39, 0.29) is 0 Å². The van der Waals surface area contributed by atoms with Gasteiger partial charge in [-0.1, -0.05) is 0 Å². The highest BCUT2D eigenvalue weighted by molar-refractivity contribution is 5.94. The quantitative estimate of drug-likeness (QED) is 0.316. The molecule has 154 valence electrons. The van der Waals surface area contributed by atoms with E-state index in [1.807, 2.05) is 0 Å². The van der Waals surface area contributed by atoms with Crippen LogP contribution in [0.25, 0.3) is 0 Å². The third kappa shape index (κ3) is 10.4. The first-order chi connectivity index (χ1) is 12.0. The topological polar surface area (TPSA) is 112 Å². The van der Waals surface area contributed by atoms with Crippen LogP contribution in [0.2, 0.25) is 0 Å². The van der Waals surface area contributed by atoms with Crippen LogP contribution < -0.4 is 0 Å². The van der Waals surface area contributed by atoms with E-state index in [0.29, 0.717) is 4.90 Å². The standard InChI is InChI=1S/C18H30N2O7/c1-16(2,3)25-13(22)12(10-19-11-21)20(14(23)26-17(4,5)6)15(24)27-18(7,8)9/h12H,10H2,1-9H3/t12-/m0/s1. The van der Waals surface area contributed by atoms with E-state index >= 15 is 0 Å². The number of hydrogen-bond donors (Lipinski definition) is 0. The smallest absolute Gasteiger partial charge is 0.420 e. The molecule has 0 aliphatic carbocycles. The van der Waals surface area contributed by atoms with Crippen molar-refractivity contribution in [3.8, 4) is 0 Å². The number of ether oxygens (including phenoxy) is 3. The van der Waals surface area contributed by atoms with Crippen molar-refractivity contribution < 1.29 is 33.4 Å². The Hall–Kier alpha value is -2.41. The fraction of sp³-hybridized carbons (Fsp3) is 0.778. The SMILES string of the molecule is CC(C)(C)OC(=O)[C@H](CN=C=O)N(C(=O)OC(C)(C)C)C(=O)OC(C)(C)C. The molecule has 0 aromatic rings. The third-order valence-corrected chi connectivity index (χ3v) is 2.50. The maximum absolute atomic E-state index is 12.6. The first-order valence-corrected chi connectivity index (χ1v) is 8.48. The van der Waals surface area contributed by atoms with Gasteiger partial charge in [0.2, 0.25) is 6.08 Å². The van der Waals surface area contributed by atoms with E-state index in [1.54, 1.807) is 62.3 Å². The van der Waals surface area contributed by atoms with Gasteiger partial charge in [-0.25, -0.2) is 24.2 Å². The van der Waals surface area contributed by atoms with Crippen LogP contribution in [0, 0.1) is 0 Å². The lowest BCUT2D eigenvalue weighted by atomic mass is 10.1. The van der Waals surface area contributed by atoms with E-state index in [9.17, 15) is 19.2 Å². The summed E-state index contributed by atoms with van der Waals surface area (Å²) in [4.78, 5) is 52.2. The van der Waals surface area contributed by atoms with Crippen LogP contribution in [-0.2, 0) is 23.8 Å². The Balaban J connectivity index is 6.01. The fourth-order valence-corrected chi connectivity index (χ4v) is 1.71. The molecule has 0 aromatic heterocycles. The second-order valence-electron chi connectivity index (χ2n) is 8.81. The van der Waals surface area contributed by atoms with Gasteiger partial charge in [0.1, 0.15) is 16.8 Å². The Kier molecular flexibility index (Phi) is 8.19. The number of esters is 1. The number of isocyanates is 1. The van der Waals surface area contributed by atoms with E-state index in [4.69, 9.17) is 14.2 Å². The molecule has 0 saturated carbocycles. The zero-order valence-electron chi connectivity index (χ0n) is 17.5. The van der Waals surface area contributed by atoms with Gasteiger partial charge in [-0.15, -0.1) is 0 Å². The normalized spacial score (nSPS) is 13.1. The highest BCUT2D eigenvalue weighted by Crippen LogP contribution is 2.19. The molecular formula is C18H30N2O7. The molecule has 9 heteroatoms. The highest BCUT2D eigenvalue weighted by atomic mass is 16.6. The zero-order valence-corrected chi connectivity index (χ0v) is 17.5. The van der Waals surface area contributed by atoms with E-state index < -0.39 is 47.5 Å². The van der Waals surface area contributed by atoms with Crippen molar-refractivity contribution in [2.24, 2.45) is 4.99 Å². The van der Waals surface area contributed by atoms with Crippen molar-refractivity contribution in [3.63, 3.8) is 0 Å². The Bertz CT molecular complexity index is 575. The van der Waals surface area contributed by atoms with Crippen molar-refractivity contribution in [2.75, 3.05) is 6.54 Å². The lowest BCUT2D eigenvalue weighted by Gasteiger charge is -2.33. The molecule has 0 N–H and O–H groups in total. The summed E-state index contributed by atoms with van der Waals surface area (Å²) in [5.41, 5.74) is -2.78. The molecule has 9 nitrogen and oxygen atoms in total. The Morgan fingerprint density at radius 1 is 0.815 bits per heavy atom. The monoisotopic (exact) mass is 386 g/mol. The van der Waals surface area contributed by atoms with Crippen molar-refractivity contribution >= 4 is 24.2 Å². The van der Waals surface area contributed by atoms with Crippen molar-refractivity contribution in [2.45, 2.75) is 85.2 Å². The predicted molar refractivity (Wildman–Crippen MR) is 96.9 cm³/mol. The molecule has 0 unspecified atom stereocenters. The Labute approximate surface area is 160 Å². The van der Waals surface area contributed by atoms with Gasteiger partial charge in [-0.3, -0.25) is 0 Å². The Morgan fingerprint density at radius 3 is 1.48 bits per heavy atom. The van der Waals surface area contributed by atoms with Crippen molar-refractivity contribution in [3.05, 3.63) is 0 Å². The molecule has 0 rings (SSSR count). The van der Waals surface area contributed by atoms with Gasteiger partial charge in [0.05, 0.1) is 6.54 Å². The second-order valence-corrected chi connectivity index (χ2v) is 8.81. The van der Waals surface area contributed by atoms with Crippen LogP contribution in [0.15, 0.2) is 4.99 Å². The molecule has 0 aliphatic heterocycles. The first-order valence-electron chi connectivity index (χ1n) is 8.48. The molecular weight excluding hydrogens is 356 g/mol. The minimum absolute atomic E-state index is 0.478. The molecule has 0 fully saturated rings. The molecule has 0 radical (unpaired) electrons. The lowest BCUT2D eigenvalue weighted by molar-refractivity contribution is -0.160. The summed E-state index contributed by atoms with van der Waals surface area (Å²) >= 11 is 0. The average Bonchev–Trinajstić information content (AvgIpc) is 2.36. The molecule has 0 heterocycles. The van der Waals surface area contributed by atoms with Crippen LogP contribution in [0.3, 0.4) is 0 Å². The van der Waals surface area contributed by atoms with Crippen LogP contribution in [0.1, 0.15) is 62.3 Å². The van der Waals surface area contributed by atoms with Gasteiger partial charge in [-0.2, -0.15) is 4.90 Å². The van der Waals surface area contributed by atoms with E-state index in [1.165, 1.54) is 6.08 Å². The molecule has 0 spiro atoms. The number of rotatable bonds is 4. The maximum atomic E-state index is 12.6. The van der Waals surface area contributed by atoms with Gasteiger partial charge in [0.25, 0.3) is 0 Å². The fourth-order valence-electron chi connectivity index (χ4n) is 1.71. The van der Waals surface area contributed by atoms with Crippen molar-refractivity contribution in [1.29, 1.82) is 0 Å². The van der Waals surface area contributed by atoms with Gasteiger partial charge in [0.15, 0.2) is 6.04 Å². The molecule has 0 saturated heterocycles. The molecule has 0 aliphatic rings. The first kappa shape index (κ1) is 24.6. The minimum atomic E-state index is -1.55. The summed E-state index contributed by atoms with van der Waals surface area (Å²) < 4.78 is 15.7. The van der Waals surface area contributed by atoms with Crippen LogP contribution in [-0.4, -0.2) is 58.5 Å². The predicted octanol–water partition coefficient (Wildman–Crippen LogP) is 3.20. The number of carbonyl (C=O) groups is 3. The number of amides is 2. The second kappa shape index (κ2) is 8.99.